The molecule has 0 aromatic heterocycles. The molecule has 6 saturated carbocycles. The van der Waals surface area contributed by atoms with Crippen LogP contribution in [0.2, 0.25) is 0 Å². The highest BCUT2D eigenvalue weighted by Crippen LogP contribution is 2.77. The summed E-state index contributed by atoms with van der Waals surface area (Å²) < 4.78 is 5.99. The Bertz CT molecular complexity index is 1260. The zero-order valence-corrected chi connectivity index (χ0v) is 32.5. The molecule has 2 aliphatic heterocycles. The first kappa shape index (κ1) is 34.9. The number of fused-ring (bicyclic) bond motifs is 7. The third-order valence-corrected chi connectivity index (χ3v) is 18.4. The fourth-order valence-corrected chi connectivity index (χ4v) is 15.6. The zero-order valence-electron chi connectivity index (χ0n) is 32.5. The number of esters is 1. The summed E-state index contributed by atoms with van der Waals surface area (Å²) in [4.78, 5) is 34.3. The van der Waals surface area contributed by atoms with E-state index in [1.807, 2.05) is 0 Å². The van der Waals surface area contributed by atoms with Crippen LogP contribution in [0.1, 0.15) is 132 Å². The molecular formula is C43H71N3O3. The molecule has 1 amide bonds. The Morgan fingerprint density at radius 1 is 0.714 bits per heavy atom. The minimum absolute atomic E-state index is 0.0179. The van der Waals surface area contributed by atoms with Gasteiger partial charge in [0, 0.05) is 63.6 Å². The van der Waals surface area contributed by atoms with Crippen LogP contribution < -0.4 is 0 Å². The van der Waals surface area contributed by atoms with Gasteiger partial charge in [0.2, 0.25) is 5.91 Å². The predicted molar refractivity (Wildman–Crippen MR) is 196 cm³/mol. The molecule has 0 radical (unpaired) electrons. The highest BCUT2D eigenvalue weighted by molar-refractivity contribution is 5.80. The molecule has 1 unspecified atom stereocenters. The van der Waals surface area contributed by atoms with Crippen LogP contribution in [0.25, 0.3) is 0 Å². The summed E-state index contributed by atoms with van der Waals surface area (Å²) in [6, 6.07) is 0.671. The minimum Gasteiger partial charge on any atom is -0.462 e. The Kier molecular flexibility index (Phi) is 8.89. The fourth-order valence-electron chi connectivity index (χ4n) is 15.6. The third kappa shape index (κ3) is 5.42. The maximum absolute atomic E-state index is 14.6. The number of carbonyl (C=O) groups excluding carboxylic acids is 2. The van der Waals surface area contributed by atoms with E-state index in [0.717, 1.165) is 49.1 Å². The molecule has 8 aliphatic rings. The van der Waals surface area contributed by atoms with Crippen LogP contribution in [0.15, 0.2) is 0 Å². The topological polar surface area (TPSA) is 53.1 Å². The van der Waals surface area contributed by atoms with Gasteiger partial charge in [0.05, 0.1) is 0 Å². The Balaban J connectivity index is 0.984. The van der Waals surface area contributed by atoms with Crippen molar-refractivity contribution in [2.75, 3.05) is 45.8 Å². The molecule has 2 saturated heterocycles. The average Bonchev–Trinajstić information content (AvgIpc) is 3.85. The highest BCUT2D eigenvalue weighted by Gasteiger charge is 2.70. The Morgan fingerprint density at radius 3 is 2.06 bits per heavy atom. The maximum atomic E-state index is 14.6. The Labute approximate surface area is 299 Å². The second kappa shape index (κ2) is 12.5. The lowest BCUT2D eigenvalue weighted by Gasteiger charge is -2.72. The van der Waals surface area contributed by atoms with E-state index in [0.29, 0.717) is 40.0 Å². The number of piperidine rings is 1. The standard InChI is InChI=1S/C43H71N3O3/c1-8-44-23-25-45(26-24-44)30-16-21-46(22-17-30)39(48)33-27-32(29-9-10-29)38-31(33)13-19-42(6)34(38)11-12-36-41(5)18-15-37(49-28(2)47)40(3,4)35(41)14-20-43(36,42)7/h29-38H,8-27H2,1-7H3/t31?,32-,33+,34+,35-,36+,37-,38+,41-,42+,43+/m0/s1. The first-order valence-electron chi connectivity index (χ1n) is 21.2. The molecule has 0 N–H and O–H groups in total. The second-order valence-electron chi connectivity index (χ2n) is 20.3. The summed E-state index contributed by atoms with van der Waals surface area (Å²) in [6.45, 7) is 24.8. The SMILES string of the molecule is CCN1CCN(C2CCN(C(=O)[C@@H]3C[C@@H](C4CC4)[C@H]4C3CC[C@]3(C)[C@@H]4CC[C@@H]4[C@@]5(C)CC[C@H](OC(C)=O)C(C)(C)[C@@H]5CC[C@]43C)CC2)CC1. The van der Waals surface area contributed by atoms with Gasteiger partial charge < -0.3 is 14.5 Å². The maximum Gasteiger partial charge on any atom is 0.302 e. The Hall–Kier alpha value is -1.14. The molecule has 6 aliphatic carbocycles. The summed E-state index contributed by atoms with van der Waals surface area (Å²) in [5, 5.41) is 0. The molecule has 276 valence electrons. The zero-order chi connectivity index (χ0) is 34.5. The highest BCUT2D eigenvalue weighted by atomic mass is 16.5. The summed E-state index contributed by atoms with van der Waals surface area (Å²) in [5.74, 6) is 5.86. The number of hydrogen-bond donors (Lipinski definition) is 0. The van der Waals surface area contributed by atoms with Crippen LogP contribution in [0, 0.1) is 69.0 Å². The average molecular weight is 678 g/mol. The lowest BCUT2D eigenvalue weighted by atomic mass is 9.33. The van der Waals surface area contributed by atoms with E-state index in [9.17, 15) is 9.59 Å². The number of carbonyl (C=O) groups is 2. The van der Waals surface area contributed by atoms with Crippen molar-refractivity contribution in [1.82, 2.24) is 14.7 Å². The summed E-state index contributed by atoms with van der Waals surface area (Å²) >= 11 is 0. The van der Waals surface area contributed by atoms with Crippen molar-refractivity contribution in [3.05, 3.63) is 0 Å². The number of piperazine rings is 1. The van der Waals surface area contributed by atoms with E-state index < -0.39 is 0 Å². The number of ether oxygens (including phenoxy) is 1. The van der Waals surface area contributed by atoms with Crippen molar-refractivity contribution in [2.45, 2.75) is 144 Å². The van der Waals surface area contributed by atoms with Crippen LogP contribution in [0.3, 0.4) is 0 Å². The molecule has 8 fully saturated rings. The number of hydrogen-bond acceptors (Lipinski definition) is 5. The van der Waals surface area contributed by atoms with Crippen LogP contribution in [-0.4, -0.2) is 84.5 Å². The quantitative estimate of drug-likeness (QED) is 0.277. The van der Waals surface area contributed by atoms with E-state index in [1.165, 1.54) is 110 Å². The number of likely N-dealkylation sites (tertiary alicyclic amines) is 1. The van der Waals surface area contributed by atoms with Gasteiger partial charge in [0.15, 0.2) is 0 Å². The van der Waals surface area contributed by atoms with Crippen LogP contribution in [0.4, 0.5) is 0 Å². The first-order chi connectivity index (χ1) is 23.3. The molecule has 6 nitrogen and oxygen atoms in total. The van der Waals surface area contributed by atoms with Gasteiger partial charge in [0.1, 0.15) is 6.10 Å². The van der Waals surface area contributed by atoms with Crippen LogP contribution >= 0.6 is 0 Å². The fraction of sp³-hybridized carbons (Fsp3) is 0.953. The van der Waals surface area contributed by atoms with Crippen molar-refractivity contribution in [3.63, 3.8) is 0 Å². The number of likely N-dealkylation sites (N-methyl/N-ethyl adjacent to an activating group) is 1. The van der Waals surface area contributed by atoms with E-state index in [-0.39, 0.29) is 23.4 Å². The van der Waals surface area contributed by atoms with Crippen LogP contribution in [0.5, 0.6) is 0 Å². The van der Waals surface area contributed by atoms with Gasteiger partial charge in [-0.05, 0) is 148 Å². The third-order valence-electron chi connectivity index (χ3n) is 18.4. The monoisotopic (exact) mass is 678 g/mol. The predicted octanol–water partition coefficient (Wildman–Crippen LogP) is 7.89. The van der Waals surface area contributed by atoms with Crippen molar-refractivity contribution in [3.8, 4) is 0 Å². The van der Waals surface area contributed by atoms with E-state index in [4.69, 9.17) is 4.74 Å². The molecule has 8 rings (SSSR count). The van der Waals surface area contributed by atoms with Gasteiger partial charge in [-0.2, -0.15) is 0 Å². The Morgan fingerprint density at radius 2 is 1.41 bits per heavy atom. The lowest BCUT2D eigenvalue weighted by molar-refractivity contribution is -0.245. The molecule has 11 atom stereocenters. The second-order valence-corrected chi connectivity index (χ2v) is 20.3. The molecule has 0 bridgehead atoms. The van der Waals surface area contributed by atoms with Crippen molar-refractivity contribution >= 4 is 11.9 Å². The van der Waals surface area contributed by atoms with Gasteiger partial charge in [0.25, 0.3) is 0 Å². The molecule has 0 aromatic rings. The molecule has 0 aromatic carbocycles. The van der Waals surface area contributed by atoms with Gasteiger partial charge >= 0.3 is 5.97 Å². The minimum atomic E-state index is -0.115. The molecule has 0 spiro atoms. The van der Waals surface area contributed by atoms with Crippen molar-refractivity contribution < 1.29 is 14.3 Å². The molecule has 2 heterocycles. The molecular weight excluding hydrogens is 606 g/mol. The van der Waals surface area contributed by atoms with Crippen molar-refractivity contribution in [2.24, 2.45) is 69.0 Å². The molecule has 49 heavy (non-hydrogen) atoms. The van der Waals surface area contributed by atoms with Gasteiger partial charge in [-0.3, -0.25) is 14.5 Å². The first-order valence-corrected chi connectivity index (χ1v) is 21.2. The summed E-state index contributed by atoms with van der Waals surface area (Å²) in [6.07, 6.45) is 16.5. The van der Waals surface area contributed by atoms with Gasteiger partial charge in [-0.15, -0.1) is 0 Å². The van der Waals surface area contributed by atoms with Gasteiger partial charge in [-0.1, -0.05) is 41.5 Å². The van der Waals surface area contributed by atoms with Crippen molar-refractivity contribution in [1.29, 1.82) is 0 Å². The molecule has 6 heteroatoms. The lowest BCUT2D eigenvalue weighted by Crippen LogP contribution is -2.66. The number of amides is 1. The summed E-state index contributed by atoms with van der Waals surface area (Å²) in [5.41, 5.74) is 1.02. The van der Waals surface area contributed by atoms with Gasteiger partial charge in [-0.25, -0.2) is 0 Å². The van der Waals surface area contributed by atoms with Crippen LogP contribution in [-0.2, 0) is 14.3 Å². The summed E-state index contributed by atoms with van der Waals surface area (Å²) in [7, 11) is 0. The normalized spacial score (nSPS) is 47.4. The van der Waals surface area contributed by atoms with E-state index in [2.05, 4.69) is 56.2 Å². The van der Waals surface area contributed by atoms with E-state index in [1.54, 1.807) is 6.92 Å². The van der Waals surface area contributed by atoms with E-state index >= 15 is 0 Å². The smallest absolute Gasteiger partial charge is 0.302 e. The number of rotatable bonds is 5. The largest absolute Gasteiger partial charge is 0.462 e. The number of nitrogens with zero attached hydrogens (tertiary/aromatic N) is 3.